The Morgan fingerprint density at radius 2 is 1.33 bits per heavy atom. The van der Waals surface area contributed by atoms with E-state index in [0.717, 1.165) is 18.2 Å². The van der Waals surface area contributed by atoms with E-state index >= 15 is 0 Å². The van der Waals surface area contributed by atoms with Crippen LogP contribution in [0.2, 0.25) is 0 Å². The van der Waals surface area contributed by atoms with Crippen LogP contribution in [0, 0.1) is 20.2 Å². The van der Waals surface area contributed by atoms with Gasteiger partial charge in [-0.05, 0) is 25.7 Å². The number of alkyl halides is 1. The molecule has 0 spiro atoms. The Balaban J connectivity index is -0.000000136. The fraction of sp³-hybridized carbons (Fsp3) is 0.800. The normalized spacial score (nSPS) is 8.21. The molecule has 0 aliphatic rings. The zero-order chi connectivity index (χ0) is 18.7. The average molecular weight is 515 g/mol. The van der Waals surface area contributed by atoms with Crippen LogP contribution < -0.4 is 0 Å². The number of unbranched alkanes of at least 4 members (excludes halogenated alkanes) is 2. The van der Waals surface area contributed by atoms with Gasteiger partial charge in [-0.2, -0.15) is 0 Å². The predicted octanol–water partition coefficient (Wildman–Crippen LogP) is 1.74. The molecule has 0 saturated heterocycles. The van der Waals surface area contributed by atoms with Crippen LogP contribution in [-0.2, 0) is 36.8 Å². The monoisotopic (exact) mass is 513 g/mol. The molecule has 0 aliphatic carbocycles. The molecular formula is C10H19AgBrN2O10. The van der Waals surface area contributed by atoms with Crippen molar-refractivity contribution in [3.63, 3.8) is 0 Å². The molecule has 0 saturated carbocycles. The summed E-state index contributed by atoms with van der Waals surface area (Å²) in [5.74, 6) is -1.60. The van der Waals surface area contributed by atoms with Crippen LogP contribution in [0.25, 0.3) is 0 Å². The first-order chi connectivity index (χ1) is 10.6. The zero-order valence-electron chi connectivity index (χ0n) is 12.4. The van der Waals surface area contributed by atoms with Gasteiger partial charge in [-0.3, -0.25) is 9.59 Å². The van der Waals surface area contributed by atoms with E-state index in [2.05, 4.69) is 20.8 Å². The van der Waals surface area contributed by atoms with E-state index in [1.807, 2.05) is 0 Å². The second-order valence-electron chi connectivity index (χ2n) is 3.69. The van der Waals surface area contributed by atoms with E-state index in [1.54, 1.807) is 0 Å². The van der Waals surface area contributed by atoms with E-state index in [9.17, 15) is 19.7 Å². The largest absolute Gasteiger partial charge is 0.481 e. The van der Waals surface area contributed by atoms with Gasteiger partial charge in [0, 0.05) is 40.6 Å². The van der Waals surface area contributed by atoms with Gasteiger partial charge in [0.15, 0.2) is 0 Å². The van der Waals surface area contributed by atoms with Gasteiger partial charge in [0.1, 0.15) is 0 Å². The summed E-state index contributed by atoms with van der Waals surface area (Å²) in [6, 6.07) is 0. The number of carbonyl (C=O) groups is 2. The first-order valence-electron chi connectivity index (χ1n) is 6.23. The maximum atomic E-state index is 9.92. The van der Waals surface area contributed by atoms with E-state index in [-0.39, 0.29) is 35.4 Å². The maximum absolute atomic E-state index is 9.92. The van der Waals surface area contributed by atoms with Crippen molar-refractivity contribution in [3.05, 3.63) is 20.2 Å². The molecule has 0 aromatic carbocycles. The standard InChI is InChI=1S/C5H9BrO2.C5H9NO5.Ag.HNO3/c6-4-2-1-3-5(7)8;7-5(8)3-1-2-4-11-6(9)10;;2-1(3)4/h1-4H2,(H,7,8);1-4H2,(H,7,8);;(H,2,3,4). The molecule has 147 valence electrons. The van der Waals surface area contributed by atoms with Crippen molar-refractivity contribution in [2.45, 2.75) is 38.5 Å². The number of nitrogens with zero attached hydrogens (tertiary/aromatic N) is 2. The SMILES string of the molecule is O=C(O)CCCCBr.O=C(O)CCCCO[N+](=O)[O-].O=[N+]([O-])O.[Ag]. The number of halogens is 1. The van der Waals surface area contributed by atoms with Crippen LogP contribution in [0.4, 0.5) is 0 Å². The minimum Gasteiger partial charge on any atom is -0.481 e. The number of carboxylic acid groups (broad SMARTS) is 2. The fourth-order valence-electron chi connectivity index (χ4n) is 0.888. The quantitative estimate of drug-likeness (QED) is 0.127. The summed E-state index contributed by atoms with van der Waals surface area (Å²) < 4.78 is 0. The molecule has 0 unspecified atom stereocenters. The van der Waals surface area contributed by atoms with E-state index < -0.39 is 22.1 Å². The van der Waals surface area contributed by atoms with Crippen LogP contribution in [0.3, 0.4) is 0 Å². The Bertz CT molecular complexity index is 339. The summed E-state index contributed by atoms with van der Waals surface area (Å²) >= 11 is 3.21. The van der Waals surface area contributed by atoms with E-state index in [0.29, 0.717) is 19.3 Å². The van der Waals surface area contributed by atoms with Gasteiger partial charge in [0.2, 0.25) is 0 Å². The Kier molecular flexibility index (Phi) is 30.2. The van der Waals surface area contributed by atoms with Gasteiger partial charge in [-0.15, -0.1) is 20.2 Å². The molecule has 1 radical (unpaired) electrons. The van der Waals surface area contributed by atoms with Crippen LogP contribution >= 0.6 is 15.9 Å². The van der Waals surface area contributed by atoms with Gasteiger partial charge < -0.3 is 20.3 Å². The number of aliphatic carboxylic acids is 2. The number of rotatable bonds is 10. The first kappa shape index (κ1) is 30.4. The third-order valence-electron chi connectivity index (χ3n) is 1.76. The smallest absolute Gasteiger partial charge is 0.303 e. The number of hydrogen-bond donors (Lipinski definition) is 3. The Labute approximate surface area is 161 Å². The summed E-state index contributed by atoms with van der Waals surface area (Å²) in [6.07, 6.45) is 2.86. The van der Waals surface area contributed by atoms with Gasteiger partial charge in [0.25, 0.3) is 10.2 Å². The fourth-order valence-corrected chi connectivity index (χ4v) is 1.28. The topological polar surface area (TPSA) is 190 Å². The molecule has 0 aliphatic heterocycles. The van der Waals surface area contributed by atoms with Crippen molar-refractivity contribution in [2.75, 3.05) is 11.9 Å². The molecular weight excluding hydrogens is 496 g/mol. The summed E-state index contributed by atoms with van der Waals surface area (Å²) in [4.78, 5) is 41.7. The molecule has 0 heterocycles. The summed E-state index contributed by atoms with van der Waals surface area (Å²) in [5.41, 5.74) is 0. The second-order valence-corrected chi connectivity index (χ2v) is 4.48. The molecule has 0 aromatic rings. The van der Waals surface area contributed by atoms with Gasteiger partial charge in [0.05, 0.1) is 6.61 Å². The van der Waals surface area contributed by atoms with Crippen LogP contribution in [0.5, 0.6) is 0 Å². The van der Waals surface area contributed by atoms with Crippen molar-refractivity contribution in [2.24, 2.45) is 0 Å². The minimum atomic E-state index is -1.50. The van der Waals surface area contributed by atoms with Gasteiger partial charge >= 0.3 is 11.9 Å². The predicted molar refractivity (Wildman–Crippen MR) is 78.5 cm³/mol. The van der Waals surface area contributed by atoms with Crippen LogP contribution in [-0.4, -0.2) is 49.5 Å². The van der Waals surface area contributed by atoms with Crippen molar-refractivity contribution in [3.8, 4) is 0 Å². The molecule has 0 rings (SSSR count). The Hall–Kier alpha value is -1.44. The first-order valence-corrected chi connectivity index (χ1v) is 7.35. The molecule has 12 nitrogen and oxygen atoms in total. The maximum Gasteiger partial charge on any atom is 0.303 e. The Morgan fingerprint density at radius 1 is 0.958 bits per heavy atom. The molecule has 14 heteroatoms. The summed E-state index contributed by atoms with van der Waals surface area (Å²) in [5, 5.41) is 39.5. The average Bonchev–Trinajstić information content (AvgIpc) is 2.37. The third-order valence-corrected chi connectivity index (χ3v) is 2.32. The van der Waals surface area contributed by atoms with Crippen molar-refractivity contribution in [1.82, 2.24) is 0 Å². The Morgan fingerprint density at radius 3 is 1.62 bits per heavy atom. The van der Waals surface area contributed by atoms with Gasteiger partial charge in [-0.25, -0.2) is 0 Å². The second kappa shape index (κ2) is 23.8. The minimum absolute atomic E-state index is 0. The molecule has 0 aromatic heterocycles. The van der Waals surface area contributed by atoms with Crippen molar-refractivity contribution >= 4 is 27.9 Å². The van der Waals surface area contributed by atoms with Gasteiger partial charge in [-0.1, -0.05) is 15.9 Å². The number of carboxylic acids is 2. The summed E-state index contributed by atoms with van der Waals surface area (Å²) in [6.45, 7) is -0.0275. The molecule has 0 bridgehead atoms. The summed E-state index contributed by atoms with van der Waals surface area (Å²) in [7, 11) is 0. The molecule has 0 amide bonds. The molecule has 24 heavy (non-hydrogen) atoms. The van der Waals surface area contributed by atoms with E-state index in [1.165, 1.54) is 0 Å². The van der Waals surface area contributed by atoms with E-state index in [4.69, 9.17) is 25.5 Å². The third kappa shape index (κ3) is 58.9. The van der Waals surface area contributed by atoms with Crippen molar-refractivity contribution < 1.29 is 62.4 Å². The van der Waals surface area contributed by atoms with Crippen LogP contribution in [0.15, 0.2) is 0 Å². The molecule has 3 N–H and O–H groups in total. The van der Waals surface area contributed by atoms with Crippen LogP contribution in [0.1, 0.15) is 38.5 Å². The number of hydrogen-bond acceptors (Lipinski definition) is 7. The van der Waals surface area contributed by atoms with Crippen molar-refractivity contribution in [1.29, 1.82) is 0 Å². The molecule has 0 fully saturated rings. The zero-order valence-corrected chi connectivity index (χ0v) is 15.5. The molecule has 0 atom stereocenters.